The molecule has 1 saturated heterocycles. The molecule has 5 rings (SSSR count). The molecule has 9 heteroatoms. The number of likely N-dealkylation sites (tertiary alicyclic amines) is 1. The zero-order valence-corrected chi connectivity index (χ0v) is 17.2. The van der Waals surface area contributed by atoms with Crippen molar-refractivity contribution in [2.24, 2.45) is 17.6 Å². The van der Waals surface area contributed by atoms with Crippen LogP contribution < -0.4 is 5.73 Å². The Bertz CT molecular complexity index is 1020. The number of carbonyl (C=O) groups is 1. The van der Waals surface area contributed by atoms with E-state index in [-0.39, 0.29) is 36.0 Å². The third-order valence-corrected chi connectivity index (χ3v) is 6.66. The highest BCUT2D eigenvalue weighted by atomic mass is 35.5. The first kappa shape index (κ1) is 20.0. The Labute approximate surface area is 178 Å². The van der Waals surface area contributed by atoms with Crippen molar-refractivity contribution >= 4 is 29.7 Å². The summed E-state index contributed by atoms with van der Waals surface area (Å²) in [6.07, 6.45) is 2.10. The van der Waals surface area contributed by atoms with Crippen LogP contribution in [0, 0.1) is 17.7 Å². The Hall–Kier alpha value is -2.29. The van der Waals surface area contributed by atoms with E-state index in [2.05, 4.69) is 10.1 Å². The summed E-state index contributed by atoms with van der Waals surface area (Å²) in [5.74, 6) is 0.974. The molecule has 0 bridgehead atoms. The molecule has 29 heavy (non-hydrogen) atoms. The number of nitrogens with two attached hydrogens (primary N) is 1. The smallest absolute Gasteiger partial charge is 0.293 e. The maximum Gasteiger partial charge on any atom is 0.293 e. The largest absolute Gasteiger partial charge is 0.335 e. The zero-order valence-electron chi connectivity index (χ0n) is 15.6. The van der Waals surface area contributed by atoms with Gasteiger partial charge in [-0.15, -0.1) is 28.8 Å². The lowest BCUT2D eigenvalue weighted by Crippen LogP contribution is -2.34. The van der Waals surface area contributed by atoms with E-state index in [1.807, 2.05) is 22.4 Å². The maximum atomic E-state index is 13.8. The number of nitrogens with zero attached hydrogens (tertiary/aromatic N) is 4. The van der Waals surface area contributed by atoms with Gasteiger partial charge in [-0.25, -0.2) is 14.1 Å². The number of rotatable bonds is 3. The number of amides is 1. The summed E-state index contributed by atoms with van der Waals surface area (Å²) in [5.41, 5.74) is 6.73. The van der Waals surface area contributed by atoms with Crippen molar-refractivity contribution in [3.8, 4) is 16.4 Å². The minimum Gasteiger partial charge on any atom is -0.335 e. The number of hydrogen-bond acceptors (Lipinski definition) is 5. The molecule has 2 N–H and O–H groups in total. The summed E-state index contributed by atoms with van der Waals surface area (Å²) in [4.78, 5) is 20.3. The van der Waals surface area contributed by atoms with Crippen LogP contribution >= 0.6 is 23.7 Å². The first-order chi connectivity index (χ1) is 13.6. The Morgan fingerprint density at radius 3 is 2.79 bits per heavy atom. The Morgan fingerprint density at radius 1 is 1.21 bits per heavy atom. The van der Waals surface area contributed by atoms with E-state index in [4.69, 9.17) is 5.73 Å². The van der Waals surface area contributed by atoms with Gasteiger partial charge in [-0.1, -0.05) is 12.1 Å². The molecule has 2 fully saturated rings. The minimum atomic E-state index is -0.362. The predicted octanol–water partition coefficient (Wildman–Crippen LogP) is 3.37. The van der Waals surface area contributed by atoms with Crippen LogP contribution in [0.2, 0.25) is 0 Å². The normalized spacial score (nSPS) is 23.1. The van der Waals surface area contributed by atoms with E-state index in [0.29, 0.717) is 36.4 Å². The van der Waals surface area contributed by atoms with Crippen molar-refractivity contribution in [3.05, 3.63) is 53.4 Å². The fourth-order valence-corrected chi connectivity index (χ4v) is 5.07. The second kappa shape index (κ2) is 7.85. The van der Waals surface area contributed by atoms with Gasteiger partial charge < -0.3 is 10.6 Å². The van der Waals surface area contributed by atoms with Gasteiger partial charge in [0.05, 0.1) is 10.6 Å². The van der Waals surface area contributed by atoms with Crippen LogP contribution in [0.25, 0.3) is 16.4 Å². The number of aromatic nitrogens is 3. The van der Waals surface area contributed by atoms with Crippen LogP contribution in [0.5, 0.6) is 0 Å². The van der Waals surface area contributed by atoms with Gasteiger partial charge in [0.15, 0.2) is 5.82 Å². The van der Waals surface area contributed by atoms with Crippen molar-refractivity contribution in [2.75, 3.05) is 13.1 Å². The molecule has 3 atom stereocenters. The van der Waals surface area contributed by atoms with Crippen LogP contribution in [-0.2, 0) is 0 Å². The van der Waals surface area contributed by atoms with Crippen molar-refractivity contribution in [2.45, 2.75) is 18.9 Å². The molecule has 3 unspecified atom stereocenters. The van der Waals surface area contributed by atoms with Gasteiger partial charge in [0.2, 0.25) is 5.82 Å². The van der Waals surface area contributed by atoms with Crippen molar-refractivity contribution in [1.29, 1.82) is 0 Å². The zero-order chi connectivity index (χ0) is 19.3. The van der Waals surface area contributed by atoms with Gasteiger partial charge in [0.25, 0.3) is 5.91 Å². The molecule has 0 spiro atoms. The molecule has 3 heterocycles. The summed E-state index contributed by atoms with van der Waals surface area (Å²) >= 11 is 1.50. The number of thiophene rings is 1. The second-order valence-corrected chi connectivity index (χ2v) is 8.45. The Balaban J connectivity index is 0.00000205. The van der Waals surface area contributed by atoms with E-state index >= 15 is 0 Å². The van der Waals surface area contributed by atoms with E-state index in [1.165, 1.54) is 23.5 Å². The fraction of sp³-hybridized carbons (Fsp3) is 0.350. The first-order valence-corrected chi connectivity index (χ1v) is 10.3. The van der Waals surface area contributed by atoms with Crippen LogP contribution in [0.15, 0.2) is 41.8 Å². The maximum absolute atomic E-state index is 13.8. The molecule has 1 saturated carbocycles. The Kier molecular flexibility index (Phi) is 5.42. The molecular formula is C20H21ClFN5OS. The summed E-state index contributed by atoms with van der Waals surface area (Å²) in [7, 11) is 0. The summed E-state index contributed by atoms with van der Waals surface area (Å²) < 4.78 is 15.3. The lowest BCUT2D eigenvalue weighted by Gasteiger charge is -2.16. The third-order valence-electron chi connectivity index (χ3n) is 5.79. The Morgan fingerprint density at radius 2 is 2.07 bits per heavy atom. The van der Waals surface area contributed by atoms with E-state index in [9.17, 15) is 9.18 Å². The number of halogens is 2. The SMILES string of the molecule is Cl.NC1CCC2CN(C(=O)c3nc(-c4cccs4)n(-c4cccc(F)c4)n3)CC12. The standard InChI is InChI=1S/C20H20FN5OS.ClH/c21-13-3-1-4-14(9-13)26-19(17-5-2-8-28-17)23-18(24-26)20(27)25-10-12-6-7-16(22)15(12)11-25;/h1-5,8-9,12,15-16H,6-7,10-11,22H2;1H. The van der Waals surface area contributed by atoms with Crippen molar-refractivity contribution < 1.29 is 9.18 Å². The van der Waals surface area contributed by atoms with Crippen LogP contribution in [0.4, 0.5) is 4.39 Å². The highest BCUT2D eigenvalue weighted by Gasteiger charge is 2.43. The van der Waals surface area contributed by atoms with Crippen LogP contribution in [-0.4, -0.2) is 44.7 Å². The lowest BCUT2D eigenvalue weighted by atomic mass is 9.98. The summed E-state index contributed by atoms with van der Waals surface area (Å²) in [5, 5.41) is 6.39. The monoisotopic (exact) mass is 433 g/mol. The topological polar surface area (TPSA) is 77.0 Å². The average Bonchev–Trinajstić information content (AvgIpc) is 3.46. The molecule has 2 aliphatic rings. The van der Waals surface area contributed by atoms with E-state index < -0.39 is 0 Å². The number of benzene rings is 1. The van der Waals surface area contributed by atoms with Crippen LogP contribution in [0.3, 0.4) is 0 Å². The first-order valence-electron chi connectivity index (χ1n) is 9.42. The summed E-state index contributed by atoms with van der Waals surface area (Å²) in [6.45, 7) is 1.37. The number of fused-ring (bicyclic) bond motifs is 1. The van der Waals surface area contributed by atoms with Gasteiger partial charge in [0.1, 0.15) is 5.82 Å². The molecule has 0 radical (unpaired) electrons. The third kappa shape index (κ3) is 3.56. The molecule has 1 aliphatic carbocycles. The molecule has 1 aromatic carbocycles. The lowest BCUT2D eigenvalue weighted by molar-refractivity contribution is 0.0767. The van der Waals surface area contributed by atoms with Gasteiger partial charge in [-0.2, -0.15) is 0 Å². The van der Waals surface area contributed by atoms with E-state index in [0.717, 1.165) is 17.7 Å². The van der Waals surface area contributed by atoms with Gasteiger partial charge in [-0.05, 0) is 54.3 Å². The van der Waals surface area contributed by atoms with Gasteiger partial charge in [-0.3, -0.25) is 4.79 Å². The molecule has 1 amide bonds. The molecule has 6 nitrogen and oxygen atoms in total. The van der Waals surface area contributed by atoms with Gasteiger partial charge in [0, 0.05) is 19.1 Å². The number of hydrogen-bond donors (Lipinski definition) is 1. The summed E-state index contributed by atoms with van der Waals surface area (Å²) in [6, 6.07) is 10.1. The van der Waals surface area contributed by atoms with E-state index in [1.54, 1.807) is 16.8 Å². The molecule has 152 valence electrons. The number of carbonyl (C=O) groups excluding carboxylic acids is 1. The molecular weight excluding hydrogens is 413 g/mol. The highest BCUT2D eigenvalue weighted by molar-refractivity contribution is 7.13. The quantitative estimate of drug-likeness (QED) is 0.687. The molecule has 1 aliphatic heterocycles. The minimum absolute atomic E-state index is 0. The fourth-order valence-electron chi connectivity index (χ4n) is 4.37. The molecule has 2 aromatic heterocycles. The molecule has 3 aromatic rings. The second-order valence-electron chi connectivity index (χ2n) is 7.50. The van der Waals surface area contributed by atoms with Crippen LogP contribution in [0.1, 0.15) is 23.5 Å². The highest BCUT2D eigenvalue weighted by Crippen LogP contribution is 2.37. The average molecular weight is 434 g/mol. The van der Waals surface area contributed by atoms with Crippen molar-refractivity contribution in [3.63, 3.8) is 0 Å². The predicted molar refractivity (Wildman–Crippen MR) is 112 cm³/mol. The van der Waals surface area contributed by atoms with Crippen molar-refractivity contribution in [1.82, 2.24) is 19.7 Å². The van der Waals surface area contributed by atoms with Gasteiger partial charge >= 0.3 is 0 Å².